The predicted octanol–water partition coefficient (Wildman–Crippen LogP) is 4.37. The lowest BCUT2D eigenvalue weighted by molar-refractivity contribution is -0.00246. The van der Waals surface area contributed by atoms with Gasteiger partial charge in [0.05, 0.1) is 12.2 Å². The highest BCUT2D eigenvalue weighted by atomic mass is 127. The fraction of sp³-hybridized carbons (Fsp3) is 0.562. The predicted molar refractivity (Wildman–Crippen MR) is 89.4 cm³/mol. The standard InChI is InChI=1S/C16H23IO3/c1-4-16(2,3)20-15(18)14-8-5-7-13(11-14)12-19-10-6-9-17/h5,7-8,11H,4,6,9-10,12H2,1-3H3. The van der Waals surface area contributed by atoms with Crippen molar-refractivity contribution in [3.63, 3.8) is 0 Å². The summed E-state index contributed by atoms with van der Waals surface area (Å²) in [4.78, 5) is 12.1. The van der Waals surface area contributed by atoms with Gasteiger partial charge in [-0.2, -0.15) is 0 Å². The number of halogens is 1. The summed E-state index contributed by atoms with van der Waals surface area (Å²) in [6, 6.07) is 7.46. The van der Waals surface area contributed by atoms with E-state index in [0.29, 0.717) is 12.2 Å². The number of hydrogen-bond donors (Lipinski definition) is 0. The number of carbonyl (C=O) groups is 1. The topological polar surface area (TPSA) is 35.5 Å². The maximum Gasteiger partial charge on any atom is 0.338 e. The summed E-state index contributed by atoms with van der Waals surface area (Å²) in [5.41, 5.74) is 1.16. The maximum absolute atomic E-state index is 12.1. The van der Waals surface area contributed by atoms with Gasteiger partial charge in [0.25, 0.3) is 0 Å². The van der Waals surface area contributed by atoms with Crippen molar-refractivity contribution in [1.82, 2.24) is 0 Å². The average molecular weight is 390 g/mol. The lowest BCUT2D eigenvalue weighted by Crippen LogP contribution is -2.27. The molecule has 0 aromatic heterocycles. The van der Waals surface area contributed by atoms with E-state index in [9.17, 15) is 4.79 Å². The third kappa shape index (κ3) is 6.22. The molecule has 0 heterocycles. The van der Waals surface area contributed by atoms with Crippen LogP contribution in [0.1, 0.15) is 49.5 Å². The van der Waals surface area contributed by atoms with E-state index in [0.717, 1.165) is 29.4 Å². The number of carbonyl (C=O) groups excluding carboxylic acids is 1. The normalized spacial score (nSPS) is 11.4. The SMILES string of the molecule is CCC(C)(C)OC(=O)c1cccc(COCCCI)c1. The average Bonchev–Trinajstić information content (AvgIpc) is 2.43. The van der Waals surface area contributed by atoms with Gasteiger partial charge in [0, 0.05) is 11.0 Å². The summed E-state index contributed by atoms with van der Waals surface area (Å²) in [5, 5.41) is 0. The summed E-state index contributed by atoms with van der Waals surface area (Å²) < 4.78 is 12.1. The summed E-state index contributed by atoms with van der Waals surface area (Å²) in [7, 11) is 0. The first-order valence-electron chi connectivity index (χ1n) is 6.94. The highest BCUT2D eigenvalue weighted by Gasteiger charge is 2.21. The molecule has 1 aromatic carbocycles. The zero-order chi connectivity index (χ0) is 15.0. The molecule has 0 fully saturated rings. The highest BCUT2D eigenvalue weighted by molar-refractivity contribution is 14.1. The van der Waals surface area contributed by atoms with E-state index >= 15 is 0 Å². The lowest BCUT2D eigenvalue weighted by Gasteiger charge is -2.23. The minimum Gasteiger partial charge on any atom is -0.456 e. The van der Waals surface area contributed by atoms with Crippen LogP contribution in [0.25, 0.3) is 0 Å². The van der Waals surface area contributed by atoms with Crippen LogP contribution < -0.4 is 0 Å². The largest absolute Gasteiger partial charge is 0.456 e. The minimum absolute atomic E-state index is 0.272. The van der Waals surface area contributed by atoms with Crippen molar-refractivity contribution < 1.29 is 14.3 Å². The van der Waals surface area contributed by atoms with Crippen LogP contribution in [0.4, 0.5) is 0 Å². The van der Waals surface area contributed by atoms with Gasteiger partial charge in [0.2, 0.25) is 0 Å². The first-order valence-corrected chi connectivity index (χ1v) is 8.47. The van der Waals surface area contributed by atoms with E-state index in [1.54, 1.807) is 6.07 Å². The van der Waals surface area contributed by atoms with Crippen LogP contribution in [0.3, 0.4) is 0 Å². The van der Waals surface area contributed by atoms with Gasteiger partial charge < -0.3 is 9.47 Å². The third-order valence-corrected chi connectivity index (χ3v) is 3.84. The Bertz CT molecular complexity index is 429. The van der Waals surface area contributed by atoms with Gasteiger partial charge in [-0.15, -0.1) is 0 Å². The van der Waals surface area contributed by atoms with Crippen LogP contribution >= 0.6 is 22.6 Å². The van der Waals surface area contributed by atoms with Crippen molar-refractivity contribution in [2.45, 2.75) is 45.8 Å². The van der Waals surface area contributed by atoms with Gasteiger partial charge in [-0.05, 0) is 44.4 Å². The maximum atomic E-state index is 12.1. The Labute approximate surface area is 135 Å². The molecule has 0 spiro atoms. The van der Waals surface area contributed by atoms with E-state index in [-0.39, 0.29) is 5.97 Å². The molecule has 20 heavy (non-hydrogen) atoms. The Morgan fingerprint density at radius 3 is 2.75 bits per heavy atom. The molecule has 0 radical (unpaired) electrons. The Morgan fingerprint density at radius 2 is 2.10 bits per heavy atom. The summed E-state index contributed by atoms with van der Waals surface area (Å²) in [6.07, 6.45) is 1.84. The van der Waals surface area contributed by atoms with Crippen molar-refractivity contribution in [1.29, 1.82) is 0 Å². The molecule has 1 aromatic rings. The molecule has 0 bridgehead atoms. The molecule has 0 N–H and O–H groups in total. The zero-order valence-electron chi connectivity index (χ0n) is 12.4. The molecule has 0 saturated carbocycles. The quantitative estimate of drug-likeness (QED) is 0.286. The Morgan fingerprint density at radius 1 is 1.35 bits per heavy atom. The van der Waals surface area contributed by atoms with Crippen molar-refractivity contribution in [2.75, 3.05) is 11.0 Å². The molecule has 0 amide bonds. The van der Waals surface area contributed by atoms with Crippen molar-refractivity contribution in [2.24, 2.45) is 0 Å². The van der Waals surface area contributed by atoms with E-state index in [2.05, 4.69) is 22.6 Å². The fourth-order valence-corrected chi connectivity index (χ4v) is 1.83. The minimum atomic E-state index is -0.427. The molecule has 0 aliphatic carbocycles. The second kappa shape index (κ2) is 8.62. The van der Waals surface area contributed by atoms with Crippen LogP contribution in [-0.2, 0) is 16.1 Å². The zero-order valence-corrected chi connectivity index (χ0v) is 14.6. The summed E-state index contributed by atoms with van der Waals surface area (Å²) in [5.74, 6) is -0.272. The number of alkyl halides is 1. The molecule has 4 heteroatoms. The number of hydrogen-bond acceptors (Lipinski definition) is 3. The molecule has 0 unspecified atom stereocenters. The molecule has 0 atom stereocenters. The molecule has 3 nitrogen and oxygen atoms in total. The molecule has 1 rings (SSSR count). The van der Waals surface area contributed by atoms with Gasteiger partial charge in [-0.25, -0.2) is 4.79 Å². The monoisotopic (exact) mass is 390 g/mol. The molecular weight excluding hydrogens is 367 g/mol. The van der Waals surface area contributed by atoms with Gasteiger partial charge in [-0.1, -0.05) is 41.6 Å². The second-order valence-electron chi connectivity index (χ2n) is 5.30. The van der Waals surface area contributed by atoms with Gasteiger partial charge >= 0.3 is 5.97 Å². The first-order chi connectivity index (χ1) is 9.48. The smallest absolute Gasteiger partial charge is 0.338 e. The molecule has 0 saturated heterocycles. The van der Waals surface area contributed by atoms with Crippen LogP contribution in [0.5, 0.6) is 0 Å². The Kier molecular flexibility index (Phi) is 7.51. The van der Waals surface area contributed by atoms with Crippen LogP contribution in [0.2, 0.25) is 0 Å². The van der Waals surface area contributed by atoms with E-state index in [1.165, 1.54) is 0 Å². The van der Waals surface area contributed by atoms with E-state index in [4.69, 9.17) is 9.47 Å². The summed E-state index contributed by atoms with van der Waals surface area (Å²) >= 11 is 2.33. The second-order valence-corrected chi connectivity index (χ2v) is 6.38. The van der Waals surface area contributed by atoms with Crippen LogP contribution in [0, 0.1) is 0 Å². The van der Waals surface area contributed by atoms with Gasteiger partial charge in [-0.3, -0.25) is 0 Å². The van der Waals surface area contributed by atoms with Crippen molar-refractivity contribution in [3.05, 3.63) is 35.4 Å². The van der Waals surface area contributed by atoms with Gasteiger partial charge in [0.1, 0.15) is 5.60 Å². The number of benzene rings is 1. The van der Waals surface area contributed by atoms with Gasteiger partial charge in [0.15, 0.2) is 0 Å². The molecule has 0 aliphatic heterocycles. The first kappa shape index (κ1) is 17.4. The van der Waals surface area contributed by atoms with E-state index < -0.39 is 5.60 Å². The molecule has 112 valence electrons. The molecule has 0 aliphatic rings. The summed E-state index contributed by atoms with van der Waals surface area (Å²) in [6.45, 7) is 7.13. The Hall–Kier alpha value is -0.620. The number of ether oxygens (including phenoxy) is 2. The highest BCUT2D eigenvalue weighted by Crippen LogP contribution is 2.17. The third-order valence-electron chi connectivity index (χ3n) is 3.07. The number of rotatable bonds is 8. The van der Waals surface area contributed by atoms with Crippen LogP contribution in [-0.4, -0.2) is 22.6 Å². The van der Waals surface area contributed by atoms with Crippen molar-refractivity contribution >= 4 is 28.6 Å². The number of esters is 1. The lowest BCUT2D eigenvalue weighted by atomic mass is 10.1. The van der Waals surface area contributed by atoms with Crippen molar-refractivity contribution in [3.8, 4) is 0 Å². The van der Waals surface area contributed by atoms with Crippen LogP contribution in [0.15, 0.2) is 24.3 Å². The Balaban J connectivity index is 2.60. The fourth-order valence-electron chi connectivity index (χ4n) is 1.52. The van der Waals surface area contributed by atoms with E-state index in [1.807, 2.05) is 39.0 Å². The molecular formula is C16H23IO3.